The molecule has 3 atom stereocenters. The molecular weight excluding hydrogens is 337 g/mol. The van der Waals surface area contributed by atoms with Crippen LogP contribution in [-0.4, -0.2) is 50.4 Å². The van der Waals surface area contributed by atoms with Crippen LogP contribution in [0.25, 0.3) is 0 Å². The summed E-state index contributed by atoms with van der Waals surface area (Å²) in [6, 6.07) is 0.0494. The minimum atomic E-state index is -0.357. The minimum Gasteiger partial charge on any atom is -0.353 e. The van der Waals surface area contributed by atoms with E-state index in [1.54, 1.807) is 13.8 Å². The van der Waals surface area contributed by atoms with Crippen LogP contribution in [0.4, 0.5) is 10.2 Å². The number of rotatable bonds is 3. The molecule has 2 aromatic heterocycles. The summed E-state index contributed by atoms with van der Waals surface area (Å²) in [5, 5.41) is 13.4. The average Bonchev–Trinajstić information content (AvgIpc) is 3.24. The van der Waals surface area contributed by atoms with E-state index in [0.29, 0.717) is 35.4 Å². The Kier molecular flexibility index (Phi) is 4.29. The van der Waals surface area contributed by atoms with Crippen LogP contribution in [0.1, 0.15) is 41.1 Å². The number of halogens is 1. The van der Waals surface area contributed by atoms with Gasteiger partial charge in [-0.25, -0.2) is 14.4 Å². The smallest absolute Gasteiger partial charge is 0.273 e. The van der Waals surface area contributed by atoms with Crippen molar-refractivity contribution in [2.24, 2.45) is 11.8 Å². The molecule has 1 amide bonds. The van der Waals surface area contributed by atoms with Crippen LogP contribution in [0.3, 0.4) is 0 Å². The molecule has 2 fully saturated rings. The van der Waals surface area contributed by atoms with E-state index in [1.165, 1.54) is 6.33 Å². The third kappa shape index (κ3) is 2.91. The van der Waals surface area contributed by atoms with Crippen molar-refractivity contribution in [2.75, 3.05) is 18.0 Å². The zero-order chi connectivity index (χ0) is 18.3. The Morgan fingerprint density at radius 3 is 2.85 bits per heavy atom. The van der Waals surface area contributed by atoms with Crippen molar-refractivity contribution < 1.29 is 9.18 Å². The van der Waals surface area contributed by atoms with Crippen LogP contribution in [0.5, 0.6) is 0 Å². The molecule has 0 aromatic carbocycles. The molecule has 9 heteroatoms. The first-order chi connectivity index (χ1) is 12.5. The quantitative estimate of drug-likeness (QED) is 0.859. The normalized spacial score (nSPS) is 25.2. The van der Waals surface area contributed by atoms with Crippen molar-refractivity contribution in [3.8, 4) is 0 Å². The summed E-state index contributed by atoms with van der Waals surface area (Å²) >= 11 is 0. The fourth-order valence-corrected chi connectivity index (χ4v) is 4.23. The molecule has 2 aliphatic rings. The number of aryl methyl sites for hydroxylation is 2. The number of carbonyl (C=O) groups is 1. The highest BCUT2D eigenvalue weighted by Crippen LogP contribution is 2.38. The number of hydrogen-bond donors (Lipinski definition) is 2. The van der Waals surface area contributed by atoms with E-state index >= 15 is 0 Å². The first kappa shape index (κ1) is 16.9. The van der Waals surface area contributed by atoms with Gasteiger partial charge in [-0.1, -0.05) is 6.42 Å². The number of anilines is 1. The van der Waals surface area contributed by atoms with Gasteiger partial charge in [-0.15, -0.1) is 0 Å². The number of nitrogens with one attached hydrogen (secondary N) is 2. The van der Waals surface area contributed by atoms with Gasteiger partial charge in [0, 0.05) is 25.0 Å². The lowest BCUT2D eigenvalue weighted by Crippen LogP contribution is -2.45. The number of aromatic amines is 1. The molecular formula is C17H22FN7O. The molecule has 0 bridgehead atoms. The van der Waals surface area contributed by atoms with Crippen molar-refractivity contribution in [1.29, 1.82) is 0 Å². The zero-order valence-corrected chi connectivity index (χ0v) is 14.9. The van der Waals surface area contributed by atoms with Crippen molar-refractivity contribution in [3.63, 3.8) is 0 Å². The molecule has 0 spiro atoms. The lowest BCUT2D eigenvalue weighted by Gasteiger charge is -2.33. The second-order valence-electron chi connectivity index (χ2n) is 7.19. The van der Waals surface area contributed by atoms with Crippen LogP contribution in [-0.2, 0) is 0 Å². The van der Waals surface area contributed by atoms with E-state index < -0.39 is 0 Å². The maximum atomic E-state index is 14.4. The molecule has 8 nitrogen and oxygen atoms in total. The molecule has 138 valence electrons. The number of nitrogens with zero attached hydrogens (tertiary/aromatic N) is 5. The maximum Gasteiger partial charge on any atom is 0.273 e. The second kappa shape index (κ2) is 6.62. The summed E-state index contributed by atoms with van der Waals surface area (Å²) in [5.41, 5.74) is 1.28. The van der Waals surface area contributed by atoms with Crippen LogP contribution in [0, 0.1) is 31.5 Å². The van der Waals surface area contributed by atoms with Gasteiger partial charge in [0.25, 0.3) is 5.91 Å². The number of H-pyrrole nitrogens is 1. The van der Waals surface area contributed by atoms with Crippen molar-refractivity contribution in [1.82, 2.24) is 30.7 Å². The lowest BCUT2D eigenvalue weighted by atomic mass is 9.78. The van der Waals surface area contributed by atoms with Gasteiger partial charge < -0.3 is 10.2 Å². The highest BCUT2D eigenvalue weighted by Gasteiger charge is 2.42. The summed E-state index contributed by atoms with van der Waals surface area (Å²) in [5.74, 6) is 0.496. The molecule has 1 aliphatic carbocycles. The van der Waals surface area contributed by atoms with Gasteiger partial charge in [0.15, 0.2) is 17.3 Å². The fourth-order valence-electron chi connectivity index (χ4n) is 4.23. The molecule has 1 saturated carbocycles. The monoisotopic (exact) mass is 359 g/mol. The summed E-state index contributed by atoms with van der Waals surface area (Å²) in [7, 11) is 0. The van der Waals surface area contributed by atoms with Crippen molar-refractivity contribution in [3.05, 3.63) is 29.2 Å². The Balaban J connectivity index is 1.50. The topological polar surface area (TPSA) is 99.7 Å². The minimum absolute atomic E-state index is 0.0494. The molecule has 26 heavy (non-hydrogen) atoms. The first-order valence-electron chi connectivity index (χ1n) is 8.95. The second-order valence-corrected chi connectivity index (χ2v) is 7.19. The molecule has 4 rings (SSSR count). The van der Waals surface area contributed by atoms with E-state index in [1.807, 2.05) is 4.90 Å². The van der Waals surface area contributed by atoms with E-state index in [9.17, 15) is 9.18 Å². The SMILES string of the molecule is Cc1n[nH]nc1C(=O)NC1CCCC2CN(c3ncnc(C)c3F)CC21. The molecule has 1 saturated heterocycles. The number of hydrogen-bond acceptors (Lipinski definition) is 6. The molecule has 2 N–H and O–H groups in total. The lowest BCUT2D eigenvalue weighted by molar-refractivity contribution is 0.0891. The van der Waals surface area contributed by atoms with Crippen molar-refractivity contribution in [2.45, 2.75) is 39.2 Å². The Bertz CT molecular complexity index is 823. The van der Waals surface area contributed by atoms with Gasteiger partial charge in [-0.3, -0.25) is 4.79 Å². The van der Waals surface area contributed by atoms with E-state index in [-0.39, 0.29) is 23.7 Å². The summed E-state index contributed by atoms with van der Waals surface area (Å²) in [4.78, 5) is 22.6. The van der Waals surface area contributed by atoms with Crippen LogP contribution in [0.15, 0.2) is 6.33 Å². The highest BCUT2D eigenvalue weighted by molar-refractivity contribution is 5.93. The van der Waals surface area contributed by atoms with Crippen LogP contribution >= 0.6 is 0 Å². The van der Waals surface area contributed by atoms with Gasteiger partial charge in [-0.2, -0.15) is 15.4 Å². The van der Waals surface area contributed by atoms with Crippen LogP contribution < -0.4 is 10.2 Å². The number of aromatic nitrogens is 5. The Morgan fingerprint density at radius 1 is 1.23 bits per heavy atom. The number of carbonyl (C=O) groups excluding carboxylic acids is 1. The van der Waals surface area contributed by atoms with Crippen molar-refractivity contribution >= 4 is 11.7 Å². The number of fused-ring (bicyclic) bond motifs is 1. The maximum absolute atomic E-state index is 14.4. The van der Waals surface area contributed by atoms with Gasteiger partial charge in [-0.05, 0) is 32.6 Å². The zero-order valence-electron chi connectivity index (χ0n) is 14.9. The Labute approximate surface area is 150 Å². The highest BCUT2D eigenvalue weighted by atomic mass is 19.1. The summed E-state index contributed by atoms with van der Waals surface area (Å²) in [6.07, 6.45) is 4.45. The fraction of sp³-hybridized carbons (Fsp3) is 0.588. The Morgan fingerprint density at radius 2 is 2.08 bits per heavy atom. The first-order valence-corrected chi connectivity index (χ1v) is 8.95. The molecule has 3 heterocycles. The van der Waals surface area contributed by atoms with Crippen LogP contribution in [0.2, 0.25) is 0 Å². The average molecular weight is 359 g/mol. The molecule has 2 aromatic rings. The summed E-state index contributed by atoms with van der Waals surface area (Å²) < 4.78 is 14.4. The van der Waals surface area contributed by atoms with Gasteiger partial charge in [0.1, 0.15) is 6.33 Å². The third-order valence-corrected chi connectivity index (χ3v) is 5.60. The van der Waals surface area contributed by atoms with E-state index in [4.69, 9.17) is 0 Å². The van der Waals surface area contributed by atoms with E-state index in [2.05, 4.69) is 30.7 Å². The van der Waals surface area contributed by atoms with Gasteiger partial charge in [0.05, 0.1) is 11.4 Å². The molecule has 1 aliphatic heterocycles. The largest absolute Gasteiger partial charge is 0.353 e. The predicted molar refractivity (Wildman–Crippen MR) is 92.1 cm³/mol. The van der Waals surface area contributed by atoms with Gasteiger partial charge in [0.2, 0.25) is 0 Å². The molecule has 0 radical (unpaired) electrons. The Hall–Kier alpha value is -2.58. The summed E-state index contributed by atoms with van der Waals surface area (Å²) in [6.45, 7) is 4.83. The van der Waals surface area contributed by atoms with Gasteiger partial charge >= 0.3 is 0 Å². The molecule has 3 unspecified atom stereocenters. The third-order valence-electron chi connectivity index (χ3n) is 5.60. The van der Waals surface area contributed by atoms with E-state index in [0.717, 1.165) is 25.8 Å². The number of amides is 1. The predicted octanol–water partition coefficient (Wildman–Crippen LogP) is 1.39. The standard InChI is InChI=1S/C17H22FN7O/c1-9-14(18)16(20-8-19-9)25-6-11-4-3-5-13(12(11)7-25)21-17(26)15-10(2)22-24-23-15/h8,11-13H,3-7H2,1-2H3,(H,21,26)(H,22,23,24).